The lowest BCUT2D eigenvalue weighted by molar-refractivity contribution is -0.122. The van der Waals surface area contributed by atoms with Gasteiger partial charge in [0, 0.05) is 43.9 Å². The molecule has 3 aromatic carbocycles. The van der Waals surface area contributed by atoms with Gasteiger partial charge in [-0.15, -0.1) is 0 Å². The van der Waals surface area contributed by atoms with Gasteiger partial charge in [-0.25, -0.2) is 13.6 Å². The third kappa shape index (κ3) is 8.31. The number of nitrogens with one attached hydrogen (secondary N) is 1. The third-order valence-electron chi connectivity index (χ3n) is 7.16. The van der Waals surface area contributed by atoms with Crippen LogP contribution in [0, 0.1) is 11.6 Å². The van der Waals surface area contributed by atoms with Gasteiger partial charge in [-0.05, 0) is 59.7 Å². The number of hydrogen-bond acceptors (Lipinski definition) is 8. The van der Waals surface area contributed by atoms with Gasteiger partial charge < -0.3 is 19.9 Å². The van der Waals surface area contributed by atoms with E-state index in [1.165, 1.54) is 23.1 Å². The average Bonchev–Trinajstić information content (AvgIpc) is 3.28. The van der Waals surface area contributed by atoms with E-state index < -0.39 is 23.3 Å². The lowest BCUT2D eigenvalue weighted by Gasteiger charge is -2.26. The van der Waals surface area contributed by atoms with E-state index in [0.29, 0.717) is 42.6 Å². The minimum absolute atomic E-state index is 0.0118. The molecular formula is C32H29F2N3O6S2. The fourth-order valence-corrected chi connectivity index (χ4v) is 6.06. The van der Waals surface area contributed by atoms with Crippen molar-refractivity contribution in [2.45, 2.75) is 6.42 Å². The van der Waals surface area contributed by atoms with E-state index in [2.05, 4.69) is 10.2 Å². The lowest BCUT2D eigenvalue weighted by Crippen LogP contribution is -2.38. The van der Waals surface area contributed by atoms with Crippen molar-refractivity contribution in [3.05, 3.63) is 88.3 Å². The van der Waals surface area contributed by atoms with E-state index in [1.807, 2.05) is 18.2 Å². The molecule has 0 saturated carbocycles. The first-order chi connectivity index (χ1) is 21.7. The average molecular weight is 654 g/mol. The molecule has 0 aromatic heterocycles. The van der Waals surface area contributed by atoms with Gasteiger partial charge in [0.2, 0.25) is 5.91 Å². The molecule has 0 atom stereocenters. The van der Waals surface area contributed by atoms with Crippen molar-refractivity contribution in [1.29, 1.82) is 0 Å². The summed E-state index contributed by atoms with van der Waals surface area (Å²) in [7, 11) is 0. The van der Waals surface area contributed by atoms with E-state index >= 15 is 0 Å². The molecule has 0 radical (unpaired) electrons. The second-order valence-corrected chi connectivity index (χ2v) is 11.9. The summed E-state index contributed by atoms with van der Waals surface area (Å²) >= 11 is 6.55. The molecule has 0 aliphatic carbocycles. The predicted molar refractivity (Wildman–Crippen MR) is 171 cm³/mol. The van der Waals surface area contributed by atoms with Gasteiger partial charge in [-0.2, -0.15) is 0 Å². The first kappa shape index (κ1) is 32.2. The molecule has 2 amide bonds. The summed E-state index contributed by atoms with van der Waals surface area (Å²) < 4.78 is 39.4. The molecule has 0 unspecified atom stereocenters. The van der Waals surface area contributed by atoms with E-state index in [-0.39, 0.29) is 34.7 Å². The highest BCUT2D eigenvalue weighted by Crippen LogP contribution is 2.36. The highest BCUT2D eigenvalue weighted by Gasteiger charge is 2.32. The van der Waals surface area contributed by atoms with Crippen LogP contribution in [0.4, 0.5) is 14.5 Å². The second-order valence-electron chi connectivity index (χ2n) is 10.2. The van der Waals surface area contributed by atoms with Crippen molar-refractivity contribution >= 4 is 57.8 Å². The number of aromatic carboxylic acids is 1. The molecule has 234 valence electrons. The van der Waals surface area contributed by atoms with Gasteiger partial charge in [0.1, 0.15) is 28.3 Å². The Bertz CT molecular complexity index is 1640. The number of nitrogens with zero attached hydrogens (tertiary/aromatic N) is 2. The van der Waals surface area contributed by atoms with Crippen LogP contribution in [0.15, 0.2) is 65.6 Å². The Morgan fingerprint density at radius 2 is 1.76 bits per heavy atom. The van der Waals surface area contributed by atoms with Gasteiger partial charge in [0.05, 0.1) is 23.7 Å². The molecule has 45 heavy (non-hydrogen) atoms. The number of thioether (sulfide) groups is 1. The second kappa shape index (κ2) is 14.7. The third-order valence-corrected chi connectivity index (χ3v) is 8.54. The predicted octanol–water partition coefficient (Wildman–Crippen LogP) is 5.27. The van der Waals surface area contributed by atoms with Crippen LogP contribution in [0.1, 0.15) is 22.3 Å². The molecule has 2 aliphatic rings. The highest BCUT2D eigenvalue weighted by atomic mass is 32.2. The fourth-order valence-electron chi connectivity index (χ4n) is 4.76. The normalized spacial score (nSPS) is 16.3. The monoisotopic (exact) mass is 653 g/mol. The maximum atomic E-state index is 14.0. The van der Waals surface area contributed by atoms with Crippen LogP contribution in [0.3, 0.4) is 0 Å². The number of carbonyl (C=O) groups is 3. The van der Waals surface area contributed by atoms with Crippen molar-refractivity contribution < 1.29 is 37.7 Å². The maximum Gasteiger partial charge on any atom is 0.338 e. The number of anilines is 1. The Morgan fingerprint density at radius 1 is 1.02 bits per heavy atom. The highest BCUT2D eigenvalue weighted by molar-refractivity contribution is 8.26. The molecule has 3 aromatic rings. The number of halogens is 2. The number of rotatable bonds is 11. The topological polar surface area (TPSA) is 108 Å². The quantitative estimate of drug-likeness (QED) is 0.211. The number of thiocarbonyl (C=S) groups is 1. The molecule has 2 saturated heterocycles. The smallest absolute Gasteiger partial charge is 0.338 e. The summed E-state index contributed by atoms with van der Waals surface area (Å²) in [5.74, 6) is -3.04. The Morgan fingerprint density at radius 3 is 2.47 bits per heavy atom. The van der Waals surface area contributed by atoms with Gasteiger partial charge >= 0.3 is 5.97 Å². The number of amides is 2. The van der Waals surface area contributed by atoms with Crippen LogP contribution in [-0.4, -0.2) is 83.0 Å². The standard InChI is InChI=1S/C32H29F2N3O6S2/c33-23-4-1-20(2-5-23)21-3-8-27(43-16-13-36-11-14-42-15-12-36)22(17-21)18-28-30(39)37(32(44)45-28)10-9-29(38)35-24-6-7-25(31(40)41)26(34)19-24/h1-8,17-19H,9-16H2,(H,35,38)(H,40,41)/b28-18-. The lowest BCUT2D eigenvalue weighted by atomic mass is 10.0. The number of carbonyl (C=O) groups excluding carboxylic acids is 2. The van der Waals surface area contributed by atoms with Crippen molar-refractivity contribution in [3.8, 4) is 16.9 Å². The van der Waals surface area contributed by atoms with Crippen LogP contribution >= 0.6 is 24.0 Å². The largest absolute Gasteiger partial charge is 0.492 e. The maximum absolute atomic E-state index is 14.0. The van der Waals surface area contributed by atoms with Crippen LogP contribution in [0.5, 0.6) is 5.75 Å². The summed E-state index contributed by atoms with van der Waals surface area (Å²) in [6.45, 7) is 4.14. The van der Waals surface area contributed by atoms with E-state index in [1.54, 1.807) is 18.2 Å². The van der Waals surface area contributed by atoms with Crippen LogP contribution < -0.4 is 10.1 Å². The van der Waals surface area contributed by atoms with Gasteiger partial charge in [-0.1, -0.05) is 42.2 Å². The number of carboxylic acids is 1. The minimum atomic E-state index is -1.42. The molecule has 2 N–H and O–H groups in total. The number of ether oxygens (including phenoxy) is 2. The van der Waals surface area contributed by atoms with E-state index in [4.69, 9.17) is 26.8 Å². The molecule has 9 nitrogen and oxygen atoms in total. The molecule has 2 heterocycles. The van der Waals surface area contributed by atoms with Gasteiger partial charge in [0.15, 0.2) is 0 Å². The zero-order valence-electron chi connectivity index (χ0n) is 24.0. The van der Waals surface area contributed by atoms with Crippen molar-refractivity contribution in [3.63, 3.8) is 0 Å². The summed E-state index contributed by atoms with van der Waals surface area (Å²) in [4.78, 5) is 40.8. The number of carboxylic acid groups (broad SMARTS) is 1. The number of hydrogen-bond donors (Lipinski definition) is 2. The van der Waals surface area contributed by atoms with Crippen molar-refractivity contribution in [2.24, 2.45) is 0 Å². The van der Waals surface area contributed by atoms with Crippen LogP contribution in [0.25, 0.3) is 17.2 Å². The molecular weight excluding hydrogens is 624 g/mol. The molecule has 2 aliphatic heterocycles. The molecule has 13 heteroatoms. The Kier molecular flexibility index (Phi) is 10.6. The molecule has 0 spiro atoms. The first-order valence-electron chi connectivity index (χ1n) is 14.1. The zero-order chi connectivity index (χ0) is 31.9. The Hall–Kier alpha value is -4.17. The fraction of sp³-hybridized carbons (Fsp3) is 0.250. The van der Waals surface area contributed by atoms with Crippen molar-refractivity contribution in [2.75, 3.05) is 51.3 Å². The SMILES string of the molecule is O=C(CCN1C(=O)/C(=C/c2cc(-c3ccc(F)cc3)ccc2OCCN2CCOCC2)SC1=S)Nc1ccc(C(=O)O)c(F)c1. The molecule has 2 fully saturated rings. The van der Waals surface area contributed by atoms with E-state index in [0.717, 1.165) is 48.1 Å². The van der Waals surface area contributed by atoms with Gasteiger partial charge in [-0.3, -0.25) is 19.4 Å². The van der Waals surface area contributed by atoms with E-state index in [9.17, 15) is 23.2 Å². The zero-order valence-corrected chi connectivity index (χ0v) is 25.6. The van der Waals surface area contributed by atoms with Crippen LogP contribution in [0.2, 0.25) is 0 Å². The van der Waals surface area contributed by atoms with Crippen molar-refractivity contribution in [1.82, 2.24) is 9.80 Å². The first-order valence-corrected chi connectivity index (χ1v) is 15.3. The summed E-state index contributed by atoms with van der Waals surface area (Å²) in [6.07, 6.45) is 1.57. The summed E-state index contributed by atoms with van der Waals surface area (Å²) in [6, 6.07) is 14.9. The Labute approximate surface area is 267 Å². The number of benzene rings is 3. The van der Waals surface area contributed by atoms with Gasteiger partial charge in [0.25, 0.3) is 5.91 Å². The molecule has 5 rings (SSSR count). The minimum Gasteiger partial charge on any atom is -0.492 e. The van der Waals surface area contributed by atoms with Crippen LogP contribution in [-0.2, 0) is 14.3 Å². The summed E-state index contributed by atoms with van der Waals surface area (Å²) in [5, 5.41) is 11.5. The summed E-state index contributed by atoms with van der Waals surface area (Å²) in [5.41, 5.74) is 1.83. The molecule has 0 bridgehead atoms. The number of morpholine rings is 1. The Balaban J connectivity index is 1.28.